The van der Waals surface area contributed by atoms with E-state index < -0.39 is 192 Å². The standard InChI is InChI=1S/C42H70N4O27/c1-16-6-7-20(46(5)10-16)14-65-42(41(62)63)9-23(55)33(34(73-42)25(57)13-49)69-38(61)30(60)31(22(54)8-21(53)11-47)70-40-37(29(59)28(58)32(71-40)24(56)12-48)72-39-27(44-45-43)36(67-19(4)52)35(66-18(3)51)26(68-39)15-64-17(2)50/h16,20-40,47-49,53-61H,6-15H2,1-5H3,(H,62,63)/t16?,20?,21-,22-,23-,24+,25-,26?,27?,28+,29?,30-,31?,32?,33-,34?,35-,36+,37?,38-,39-,40+,42-/m1/s1. The van der Waals surface area contributed by atoms with Gasteiger partial charge in [-0.25, -0.2) is 4.79 Å². The minimum Gasteiger partial charge on any atom is -0.477 e. The van der Waals surface area contributed by atoms with Gasteiger partial charge in [0.15, 0.2) is 31.1 Å². The molecule has 31 heteroatoms. The van der Waals surface area contributed by atoms with Gasteiger partial charge in [-0.1, -0.05) is 12.0 Å². The zero-order chi connectivity index (χ0) is 54.6. The molecule has 0 spiro atoms. The molecule has 9 unspecified atom stereocenters. The Labute approximate surface area is 417 Å². The summed E-state index contributed by atoms with van der Waals surface area (Å²) in [5.41, 5.74) is 9.62. The number of aliphatic hydroxyl groups is 12. The van der Waals surface area contributed by atoms with Gasteiger partial charge < -0.3 is 119 Å². The Morgan fingerprint density at radius 1 is 0.795 bits per heavy atom. The molecule has 4 rings (SSSR count). The van der Waals surface area contributed by atoms with E-state index >= 15 is 0 Å². The summed E-state index contributed by atoms with van der Waals surface area (Å²) in [5.74, 6) is -6.98. The third-order valence-corrected chi connectivity index (χ3v) is 12.7. The van der Waals surface area contributed by atoms with Crippen LogP contribution >= 0.6 is 0 Å². The highest BCUT2D eigenvalue weighted by molar-refractivity contribution is 5.76. The number of hydrogen-bond donors (Lipinski definition) is 13. The molecule has 4 saturated heterocycles. The van der Waals surface area contributed by atoms with E-state index in [0.717, 1.165) is 27.2 Å². The Morgan fingerprint density at radius 2 is 1.42 bits per heavy atom. The summed E-state index contributed by atoms with van der Waals surface area (Å²) < 4.78 is 56.4. The molecule has 0 aromatic rings. The molecule has 4 aliphatic rings. The minimum atomic E-state index is -2.73. The van der Waals surface area contributed by atoms with Gasteiger partial charge in [-0.2, -0.15) is 0 Å². The summed E-state index contributed by atoms with van der Waals surface area (Å²) >= 11 is 0. The van der Waals surface area contributed by atoms with Gasteiger partial charge in [0, 0.05) is 51.1 Å². The summed E-state index contributed by atoms with van der Waals surface area (Å²) in [7, 11) is 1.80. The first-order chi connectivity index (χ1) is 34.3. The number of azide groups is 1. The maximum atomic E-state index is 12.8. The fraction of sp³-hybridized carbons (Fsp3) is 0.905. The summed E-state index contributed by atoms with van der Waals surface area (Å²) in [5, 5.41) is 144. The third-order valence-electron chi connectivity index (χ3n) is 12.7. The van der Waals surface area contributed by atoms with Crippen LogP contribution in [0.15, 0.2) is 5.11 Å². The first-order valence-electron chi connectivity index (χ1n) is 23.3. The number of carboxylic acids is 1. The Morgan fingerprint density at radius 3 is 1.99 bits per heavy atom. The van der Waals surface area contributed by atoms with Crippen LogP contribution in [0.5, 0.6) is 0 Å². The van der Waals surface area contributed by atoms with Crippen molar-refractivity contribution in [3.05, 3.63) is 10.4 Å². The molecule has 0 amide bonds. The van der Waals surface area contributed by atoms with Crippen molar-refractivity contribution in [2.24, 2.45) is 11.0 Å². The zero-order valence-corrected chi connectivity index (χ0v) is 40.6. The summed E-state index contributed by atoms with van der Waals surface area (Å²) in [6, 6.07) is -2.20. The first kappa shape index (κ1) is 61.9. The summed E-state index contributed by atoms with van der Waals surface area (Å²) in [6.07, 6.45) is -41.0. The second kappa shape index (κ2) is 28.0. The van der Waals surface area contributed by atoms with Crippen molar-refractivity contribution in [1.29, 1.82) is 0 Å². The van der Waals surface area contributed by atoms with E-state index in [4.69, 9.17) is 47.4 Å². The Balaban J connectivity index is 1.73. The van der Waals surface area contributed by atoms with E-state index in [0.29, 0.717) is 18.9 Å². The topological polar surface area (TPSA) is 476 Å². The lowest BCUT2D eigenvalue weighted by Crippen LogP contribution is -2.67. The highest BCUT2D eigenvalue weighted by Gasteiger charge is 2.58. The van der Waals surface area contributed by atoms with E-state index in [9.17, 15) is 91.1 Å². The molecule has 0 saturated carbocycles. The van der Waals surface area contributed by atoms with Crippen molar-refractivity contribution in [3.63, 3.8) is 0 Å². The number of carbonyl (C=O) groups is 4. The second-order valence-electron chi connectivity index (χ2n) is 18.5. The molecule has 4 heterocycles. The molecule has 0 aromatic heterocycles. The maximum Gasteiger partial charge on any atom is 0.364 e. The van der Waals surface area contributed by atoms with Crippen molar-refractivity contribution in [1.82, 2.24) is 4.90 Å². The van der Waals surface area contributed by atoms with Gasteiger partial charge in [0.2, 0.25) is 0 Å². The lowest BCUT2D eigenvalue weighted by atomic mass is 9.91. The van der Waals surface area contributed by atoms with E-state index in [2.05, 4.69) is 10.0 Å². The summed E-state index contributed by atoms with van der Waals surface area (Å²) in [4.78, 5) is 54.0. The largest absolute Gasteiger partial charge is 0.477 e. The fourth-order valence-electron chi connectivity index (χ4n) is 9.00. The molecule has 73 heavy (non-hydrogen) atoms. The minimum absolute atomic E-state index is 0.223. The molecule has 420 valence electrons. The van der Waals surface area contributed by atoms with E-state index in [1.54, 1.807) is 7.05 Å². The van der Waals surface area contributed by atoms with Crippen molar-refractivity contribution >= 4 is 23.9 Å². The normalized spacial score (nSPS) is 37.0. The van der Waals surface area contributed by atoms with Crippen molar-refractivity contribution in [2.45, 2.75) is 188 Å². The molecule has 4 aliphatic heterocycles. The number of carbonyl (C=O) groups excluding carboxylic acids is 3. The highest BCUT2D eigenvalue weighted by Crippen LogP contribution is 2.38. The van der Waals surface area contributed by atoms with Crippen LogP contribution < -0.4 is 0 Å². The average molecular weight is 1060 g/mol. The average Bonchev–Trinajstić information content (AvgIpc) is 3.32. The number of nitrogens with zero attached hydrogens (tertiary/aromatic N) is 4. The Bertz CT molecular complexity index is 1840. The van der Waals surface area contributed by atoms with Crippen molar-refractivity contribution < 1.29 is 133 Å². The van der Waals surface area contributed by atoms with Crippen molar-refractivity contribution in [3.8, 4) is 0 Å². The first-order valence-corrected chi connectivity index (χ1v) is 23.3. The lowest BCUT2D eigenvalue weighted by molar-refractivity contribution is -0.377. The van der Waals surface area contributed by atoms with Crippen LogP contribution in [-0.2, 0) is 66.5 Å². The van der Waals surface area contributed by atoms with Crippen LogP contribution in [0.25, 0.3) is 10.4 Å². The number of esters is 3. The molecule has 23 atom stereocenters. The summed E-state index contributed by atoms with van der Waals surface area (Å²) in [6.45, 7) is 1.30. The monoisotopic (exact) mass is 1060 g/mol. The van der Waals surface area contributed by atoms with Crippen LogP contribution in [0, 0.1) is 5.92 Å². The van der Waals surface area contributed by atoms with Gasteiger partial charge in [0.05, 0.1) is 44.7 Å². The SMILES string of the molecule is CC(=O)OCC1O[C@H](OC2C(O)[C@H](O)C([C@@H](O)CO)O[C@@H]2OC([C@H](O)C[C@@H](O)CO)[C@@H](O)[C@H](O)O[C@H]2C([C@H](O)CO)O[C@@](OCC3CCC(C)CN3C)(C(=O)O)C[C@H]2O)C(N=[N+]=[N-])[C@H](OC(C)=O)[C@@H]1OC(C)=O. The molecule has 0 aliphatic carbocycles. The number of piperidine rings is 1. The fourth-order valence-corrected chi connectivity index (χ4v) is 9.00. The van der Waals surface area contributed by atoms with Crippen LogP contribution in [0.3, 0.4) is 0 Å². The molecule has 0 aromatic carbocycles. The van der Waals surface area contributed by atoms with Crippen molar-refractivity contribution in [2.75, 3.05) is 46.6 Å². The predicted octanol–water partition coefficient (Wildman–Crippen LogP) is -6.41. The number of likely N-dealkylation sites (tertiary alicyclic amines) is 1. The molecular formula is C42H70N4O27. The number of rotatable bonds is 25. The maximum absolute atomic E-state index is 12.8. The molecule has 4 fully saturated rings. The van der Waals surface area contributed by atoms with Gasteiger partial charge in [0.25, 0.3) is 5.79 Å². The van der Waals surface area contributed by atoms with Gasteiger partial charge in [0.1, 0.15) is 79.8 Å². The molecule has 0 bridgehead atoms. The van der Waals surface area contributed by atoms with Crippen LogP contribution in [-0.4, -0.2) is 276 Å². The van der Waals surface area contributed by atoms with Crippen LogP contribution in [0.4, 0.5) is 0 Å². The predicted molar refractivity (Wildman–Crippen MR) is 233 cm³/mol. The van der Waals surface area contributed by atoms with Crippen LogP contribution in [0.1, 0.15) is 53.4 Å². The van der Waals surface area contributed by atoms with E-state index in [1.807, 2.05) is 11.8 Å². The van der Waals surface area contributed by atoms with Gasteiger partial charge in [-0.05, 0) is 31.3 Å². The molecular weight excluding hydrogens is 992 g/mol. The van der Waals surface area contributed by atoms with Crippen LogP contribution in [0.2, 0.25) is 0 Å². The van der Waals surface area contributed by atoms with Gasteiger partial charge in [-0.15, -0.1) is 0 Å². The second-order valence-corrected chi connectivity index (χ2v) is 18.5. The highest BCUT2D eigenvalue weighted by atomic mass is 16.8. The smallest absolute Gasteiger partial charge is 0.364 e. The third kappa shape index (κ3) is 16.0. The zero-order valence-electron chi connectivity index (χ0n) is 40.6. The van der Waals surface area contributed by atoms with Gasteiger partial charge in [-0.3, -0.25) is 14.4 Å². The van der Waals surface area contributed by atoms with E-state index in [1.165, 1.54) is 0 Å². The number of carboxylic acid groups (broad SMARTS) is 1. The molecule has 13 N–H and O–H groups in total. The number of ether oxygens (including phenoxy) is 10. The Kier molecular flexibility index (Phi) is 23.7. The number of likely N-dealkylation sites (N-methyl/N-ethyl adjacent to an activating group) is 1. The lowest BCUT2D eigenvalue weighted by Gasteiger charge is -2.49. The number of aliphatic hydroxyl groups excluding tert-OH is 12. The van der Waals surface area contributed by atoms with E-state index in [-0.39, 0.29) is 12.6 Å². The Hall–Kier alpha value is -3.61. The quantitative estimate of drug-likeness (QED) is 0.0101. The van der Waals surface area contributed by atoms with Gasteiger partial charge >= 0.3 is 23.9 Å². The number of hydrogen-bond acceptors (Lipinski definition) is 28. The molecule has 0 radical (unpaired) electrons. The molecule has 31 nitrogen and oxygen atoms in total. The number of aliphatic carboxylic acids is 1.